The Morgan fingerprint density at radius 2 is 1.79 bits per heavy atom. The van der Waals surface area contributed by atoms with E-state index in [0.29, 0.717) is 15.9 Å². The fraction of sp³-hybridized carbons (Fsp3) is 0.0952. The minimum absolute atomic E-state index is 0.0717. The van der Waals surface area contributed by atoms with Crippen LogP contribution < -0.4 is 11.3 Å². The molecular weight excluding hydrogens is 386 g/mol. The van der Waals surface area contributed by atoms with Crippen molar-refractivity contribution in [3.8, 4) is 6.07 Å². The van der Waals surface area contributed by atoms with Crippen molar-refractivity contribution >= 4 is 38.2 Å². The number of ketones is 1. The number of H-pyrrole nitrogens is 1. The van der Waals surface area contributed by atoms with Crippen molar-refractivity contribution < 1.29 is 4.79 Å². The van der Waals surface area contributed by atoms with Gasteiger partial charge in [0, 0.05) is 6.42 Å². The van der Waals surface area contributed by atoms with Crippen molar-refractivity contribution in [2.75, 3.05) is 0 Å². The van der Waals surface area contributed by atoms with E-state index in [1.807, 2.05) is 30.3 Å². The maximum absolute atomic E-state index is 12.7. The molecule has 0 fully saturated rings. The van der Waals surface area contributed by atoms with E-state index < -0.39 is 5.41 Å². The lowest BCUT2D eigenvalue weighted by Crippen LogP contribution is -2.36. The normalized spacial score (nSPS) is 19.2. The van der Waals surface area contributed by atoms with Gasteiger partial charge in [0.25, 0.3) is 5.56 Å². The number of carbonyl (C=O) groups is 1. The van der Waals surface area contributed by atoms with Gasteiger partial charge in [-0.1, -0.05) is 24.3 Å². The van der Waals surface area contributed by atoms with E-state index in [0.717, 1.165) is 10.2 Å². The van der Waals surface area contributed by atoms with Crippen molar-refractivity contribution in [3.63, 3.8) is 0 Å². The largest absolute Gasteiger partial charge is 0.400 e. The van der Waals surface area contributed by atoms with E-state index in [4.69, 9.17) is 5.73 Å². The summed E-state index contributed by atoms with van der Waals surface area (Å²) >= 11 is 1.37. The van der Waals surface area contributed by atoms with Gasteiger partial charge in [0.15, 0.2) is 5.78 Å². The fourth-order valence-electron chi connectivity index (χ4n) is 3.76. The molecule has 29 heavy (non-hydrogen) atoms. The molecule has 1 aliphatic carbocycles. The lowest BCUT2D eigenvalue weighted by molar-refractivity contribution is -0.115. The summed E-state index contributed by atoms with van der Waals surface area (Å²) in [5.74, 6) is -0.170. The van der Waals surface area contributed by atoms with Crippen molar-refractivity contribution in [3.05, 3.63) is 81.0 Å². The van der Waals surface area contributed by atoms with Gasteiger partial charge in [0.2, 0.25) is 0 Å². The first-order valence-corrected chi connectivity index (χ1v) is 9.65. The molecule has 2 aromatic carbocycles. The average Bonchev–Trinajstić information content (AvgIpc) is 3.27. The van der Waals surface area contributed by atoms with Crippen LogP contribution in [-0.4, -0.2) is 20.7 Å². The van der Waals surface area contributed by atoms with Crippen LogP contribution in [0.5, 0.6) is 0 Å². The number of aromatic nitrogens is 3. The Balaban J connectivity index is 1.88. The number of nitriles is 1. The third-order valence-corrected chi connectivity index (χ3v) is 6.42. The van der Waals surface area contributed by atoms with E-state index >= 15 is 0 Å². The second-order valence-corrected chi connectivity index (χ2v) is 7.85. The number of fused-ring (bicyclic) bond motifs is 2. The molecule has 0 radical (unpaired) electrons. The van der Waals surface area contributed by atoms with Gasteiger partial charge in [-0.05, 0) is 24.3 Å². The lowest BCUT2D eigenvalue weighted by Gasteiger charge is -2.26. The Bertz CT molecular complexity index is 1430. The van der Waals surface area contributed by atoms with Crippen LogP contribution in [0.2, 0.25) is 0 Å². The number of hydrogen-bond donors (Lipinski definition) is 2. The Labute approximate surface area is 168 Å². The van der Waals surface area contributed by atoms with Crippen molar-refractivity contribution in [1.82, 2.24) is 15.0 Å². The Morgan fingerprint density at radius 3 is 2.52 bits per heavy atom. The van der Waals surface area contributed by atoms with Crippen LogP contribution in [0.15, 0.2) is 64.6 Å². The predicted molar refractivity (Wildman–Crippen MR) is 109 cm³/mol. The van der Waals surface area contributed by atoms with E-state index in [1.54, 1.807) is 24.3 Å². The average molecular weight is 399 g/mol. The highest BCUT2D eigenvalue weighted by atomic mass is 32.1. The summed E-state index contributed by atoms with van der Waals surface area (Å²) < 4.78 is 0.913. The molecule has 0 bridgehead atoms. The zero-order valence-electron chi connectivity index (χ0n) is 15.0. The molecule has 0 spiro atoms. The molecule has 1 unspecified atom stereocenters. The van der Waals surface area contributed by atoms with E-state index in [2.05, 4.69) is 15.0 Å². The number of benzene rings is 2. The number of allylic oxidation sites excluding steroid dienone is 2. The summed E-state index contributed by atoms with van der Waals surface area (Å²) in [5, 5.41) is 10.4. The van der Waals surface area contributed by atoms with Gasteiger partial charge in [0.05, 0.1) is 26.8 Å². The molecule has 8 heteroatoms. The molecule has 2 aromatic heterocycles. The second-order valence-electron chi connectivity index (χ2n) is 6.82. The number of aromatic amines is 1. The molecule has 1 aliphatic rings. The van der Waals surface area contributed by atoms with Gasteiger partial charge < -0.3 is 10.7 Å². The summed E-state index contributed by atoms with van der Waals surface area (Å²) in [4.78, 5) is 37.5. The number of nitrogens with two attached hydrogens (primary N) is 1. The van der Waals surface area contributed by atoms with Crippen LogP contribution in [0.25, 0.3) is 21.1 Å². The van der Waals surface area contributed by atoms with Gasteiger partial charge in [-0.3, -0.25) is 9.59 Å². The second kappa shape index (κ2) is 6.09. The smallest absolute Gasteiger partial charge is 0.258 e. The highest BCUT2D eigenvalue weighted by Gasteiger charge is 2.51. The maximum Gasteiger partial charge on any atom is 0.258 e. The van der Waals surface area contributed by atoms with E-state index in [1.165, 1.54) is 11.3 Å². The highest BCUT2D eigenvalue weighted by Crippen LogP contribution is 2.47. The molecule has 5 rings (SSSR count). The standard InChI is InChI=1S/C21H13N5O2S/c22-10-12-15(27)9-21(17(12)23,20-25-14-7-3-4-8-16(14)29-20)19-24-13-6-2-1-5-11(13)18(28)26-19/h1-8H,9,23H2,(H,24,26,28). The Hall–Kier alpha value is -3.83. The SMILES string of the molecule is N#CC1=C(N)C(c2nc3ccccc3c(=O)[nH]2)(c2nc3ccccc3s2)CC1=O. The van der Waals surface area contributed by atoms with Crippen molar-refractivity contribution in [1.29, 1.82) is 5.26 Å². The van der Waals surface area contributed by atoms with Crippen LogP contribution in [0.4, 0.5) is 0 Å². The molecule has 2 heterocycles. The van der Waals surface area contributed by atoms with E-state index in [-0.39, 0.29) is 34.9 Å². The van der Waals surface area contributed by atoms with Crippen LogP contribution >= 0.6 is 11.3 Å². The maximum atomic E-state index is 12.7. The minimum atomic E-state index is -1.28. The number of Topliss-reactive ketones (excluding diaryl/α,β-unsaturated/α-hetero) is 1. The van der Waals surface area contributed by atoms with Gasteiger partial charge in [-0.2, -0.15) is 5.26 Å². The molecule has 0 saturated carbocycles. The topological polar surface area (TPSA) is 126 Å². The molecule has 3 N–H and O–H groups in total. The fourth-order valence-corrected chi connectivity index (χ4v) is 4.93. The first-order chi connectivity index (χ1) is 14.0. The Kier molecular flexibility index (Phi) is 3.63. The first-order valence-electron chi connectivity index (χ1n) is 8.84. The van der Waals surface area contributed by atoms with Crippen LogP contribution in [-0.2, 0) is 10.2 Å². The number of hydrogen-bond acceptors (Lipinski definition) is 7. The number of nitrogens with zero attached hydrogens (tertiary/aromatic N) is 3. The summed E-state index contributed by atoms with van der Waals surface area (Å²) in [7, 11) is 0. The molecule has 4 aromatic rings. The van der Waals surface area contributed by atoms with Crippen LogP contribution in [0, 0.1) is 11.3 Å². The molecule has 1 atom stereocenters. The van der Waals surface area contributed by atoms with Crippen molar-refractivity contribution in [2.24, 2.45) is 5.73 Å². The third-order valence-electron chi connectivity index (χ3n) is 5.22. The number of rotatable bonds is 2. The predicted octanol–water partition coefficient (Wildman–Crippen LogP) is 2.53. The number of carbonyl (C=O) groups excluding carboxylic acids is 1. The molecule has 0 aliphatic heterocycles. The summed E-state index contributed by atoms with van der Waals surface area (Å²) in [5.41, 5.74) is 5.96. The number of thiazole rings is 1. The van der Waals surface area contributed by atoms with Crippen LogP contribution in [0.3, 0.4) is 0 Å². The summed E-state index contributed by atoms with van der Waals surface area (Å²) in [6, 6.07) is 16.4. The number of para-hydroxylation sites is 2. The third kappa shape index (κ3) is 2.35. The summed E-state index contributed by atoms with van der Waals surface area (Å²) in [6.07, 6.45) is -0.108. The zero-order valence-corrected chi connectivity index (χ0v) is 15.8. The monoisotopic (exact) mass is 399 g/mol. The van der Waals surface area contributed by atoms with Gasteiger partial charge in [-0.25, -0.2) is 9.97 Å². The van der Waals surface area contributed by atoms with Gasteiger partial charge in [-0.15, -0.1) is 11.3 Å². The molecular formula is C21H13N5O2S. The van der Waals surface area contributed by atoms with Gasteiger partial charge >= 0.3 is 0 Å². The summed E-state index contributed by atoms with van der Waals surface area (Å²) in [6.45, 7) is 0. The first kappa shape index (κ1) is 17.3. The molecule has 0 saturated heterocycles. The molecule has 7 nitrogen and oxygen atoms in total. The lowest BCUT2D eigenvalue weighted by atomic mass is 9.84. The number of nitrogens with one attached hydrogen (secondary N) is 1. The zero-order chi connectivity index (χ0) is 20.2. The van der Waals surface area contributed by atoms with E-state index in [9.17, 15) is 14.9 Å². The van der Waals surface area contributed by atoms with Gasteiger partial charge in [0.1, 0.15) is 27.9 Å². The Morgan fingerprint density at radius 1 is 1.07 bits per heavy atom. The molecule has 140 valence electrons. The minimum Gasteiger partial charge on any atom is -0.400 e. The highest BCUT2D eigenvalue weighted by molar-refractivity contribution is 7.18. The molecule has 0 amide bonds. The van der Waals surface area contributed by atoms with Crippen molar-refractivity contribution in [2.45, 2.75) is 11.8 Å². The quantitative estimate of drug-likeness (QED) is 0.533. The van der Waals surface area contributed by atoms with Crippen LogP contribution in [0.1, 0.15) is 17.3 Å².